The van der Waals surface area contributed by atoms with E-state index in [9.17, 15) is 4.79 Å². The number of hydrogen-bond donors (Lipinski definition) is 2. The largest absolute Gasteiger partial charge is 0.378 e. The summed E-state index contributed by atoms with van der Waals surface area (Å²) in [7, 11) is 0. The van der Waals surface area contributed by atoms with Crippen LogP contribution in [0.25, 0.3) is 0 Å². The van der Waals surface area contributed by atoms with Crippen molar-refractivity contribution in [3.63, 3.8) is 0 Å². The molecule has 1 fully saturated rings. The van der Waals surface area contributed by atoms with Gasteiger partial charge in [-0.25, -0.2) is 0 Å². The first-order valence-electron chi connectivity index (χ1n) is 4.04. The molecule has 0 spiro atoms. The Bertz CT molecular complexity index is 250. The molecular weight excluding hydrogens is 245 g/mol. The molecule has 5 nitrogen and oxygen atoms in total. The Morgan fingerprint density at radius 2 is 2.07 bits per heavy atom. The summed E-state index contributed by atoms with van der Waals surface area (Å²) in [6, 6.07) is 0. The van der Waals surface area contributed by atoms with Gasteiger partial charge in [0.2, 0.25) is 11.6 Å². The zero-order valence-electron chi connectivity index (χ0n) is 7.46. The van der Waals surface area contributed by atoms with Gasteiger partial charge in [-0.15, -0.1) is 0 Å². The zero-order valence-corrected chi connectivity index (χ0v) is 9.98. The number of carbonyl (C=O) groups excluding carboxylic acids is 1. The second-order valence-electron chi connectivity index (χ2n) is 2.76. The van der Waals surface area contributed by atoms with Crippen molar-refractivity contribution in [1.82, 2.24) is 4.90 Å². The van der Waals surface area contributed by atoms with Crippen molar-refractivity contribution in [2.45, 2.75) is 0 Å². The maximum Gasteiger partial charge on any atom is 0.242 e. The van der Waals surface area contributed by atoms with E-state index in [1.165, 1.54) is 0 Å². The van der Waals surface area contributed by atoms with Gasteiger partial charge in [0.25, 0.3) is 0 Å². The molecule has 1 aliphatic heterocycles. The fourth-order valence-electron chi connectivity index (χ4n) is 1.04. The molecule has 14 heavy (non-hydrogen) atoms. The van der Waals surface area contributed by atoms with Gasteiger partial charge < -0.3 is 19.4 Å². The summed E-state index contributed by atoms with van der Waals surface area (Å²) < 4.78 is 5.08. The van der Waals surface area contributed by atoms with E-state index in [1.54, 1.807) is 4.90 Å². The van der Waals surface area contributed by atoms with Crippen LogP contribution in [-0.4, -0.2) is 52.7 Å². The lowest BCUT2D eigenvalue weighted by Gasteiger charge is -2.26. The molecule has 0 aromatic carbocycles. The second kappa shape index (κ2) is 5.44. The van der Waals surface area contributed by atoms with Crippen LogP contribution in [0.4, 0.5) is 0 Å². The van der Waals surface area contributed by atoms with Crippen LogP contribution in [-0.2, 0) is 21.3 Å². The standard InChI is InChI=1S/C6H12NO4PS2/c8-6(5-14-12(9,10)13)7-1-3-11-4-2-7/h1-5H2,(H2,9,10,13). The molecule has 1 amide bonds. The van der Waals surface area contributed by atoms with Gasteiger partial charge in [-0.05, 0) is 11.8 Å². The Balaban J connectivity index is 2.30. The third-order valence-electron chi connectivity index (χ3n) is 1.72. The van der Waals surface area contributed by atoms with Crippen LogP contribution < -0.4 is 0 Å². The topological polar surface area (TPSA) is 70.0 Å². The molecule has 1 aliphatic rings. The van der Waals surface area contributed by atoms with Crippen LogP contribution in [0.5, 0.6) is 0 Å². The monoisotopic (exact) mass is 257 g/mol. The van der Waals surface area contributed by atoms with Crippen LogP contribution in [0.3, 0.4) is 0 Å². The van der Waals surface area contributed by atoms with Crippen molar-refractivity contribution in [1.29, 1.82) is 0 Å². The maximum absolute atomic E-state index is 11.4. The molecule has 0 aliphatic carbocycles. The summed E-state index contributed by atoms with van der Waals surface area (Å²) in [6.45, 7) is 2.23. The van der Waals surface area contributed by atoms with Gasteiger partial charge in [0.15, 0.2) is 0 Å². The van der Waals surface area contributed by atoms with E-state index in [0.29, 0.717) is 26.3 Å². The Labute approximate surface area is 91.3 Å². The molecule has 1 rings (SSSR count). The highest BCUT2D eigenvalue weighted by molar-refractivity contribution is 8.67. The van der Waals surface area contributed by atoms with Crippen LogP contribution in [0.1, 0.15) is 0 Å². The van der Waals surface area contributed by atoms with E-state index in [1.807, 2.05) is 0 Å². The third kappa shape index (κ3) is 4.72. The molecule has 0 radical (unpaired) electrons. The van der Waals surface area contributed by atoms with Gasteiger partial charge in [-0.1, -0.05) is 11.4 Å². The quantitative estimate of drug-likeness (QED) is 0.682. The average molecular weight is 257 g/mol. The van der Waals surface area contributed by atoms with Crippen LogP contribution in [0.15, 0.2) is 0 Å². The van der Waals surface area contributed by atoms with Crippen LogP contribution >= 0.6 is 17.1 Å². The van der Waals surface area contributed by atoms with E-state index in [4.69, 9.17) is 14.5 Å². The predicted molar refractivity (Wildman–Crippen MR) is 58.6 cm³/mol. The minimum absolute atomic E-state index is 0.0320. The summed E-state index contributed by atoms with van der Waals surface area (Å²) >= 11 is 5.13. The minimum Gasteiger partial charge on any atom is -0.378 e. The second-order valence-corrected chi connectivity index (χ2v) is 8.81. The highest BCUT2D eigenvalue weighted by Gasteiger charge is 2.19. The van der Waals surface area contributed by atoms with E-state index >= 15 is 0 Å². The first-order valence-corrected chi connectivity index (χ1v) is 8.34. The van der Waals surface area contributed by atoms with Gasteiger partial charge in [-0.2, -0.15) is 0 Å². The molecule has 0 aromatic rings. The molecule has 0 bridgehead atoms. The number of rotatable bonds is 3. The fraction of sp³-hybridized carbons (Fsp3) is 0.833. The number of nitrogens with zero attached hydrogens (tertiary/aromatic N) is 1. The van der Waals surface area contributed by atoms with Gasteiger partial charge in [0.05, 0.1) is 19.0 Å². The van der Waals surface area contributed by atoms with Crippen molar-refractivity contribution in [2.75, 3.05) is 32.1 Å². The lowest BCUT2D eigenvalue weighted by Crippen LogP contribution is -2.41. The highest BCUT2D eigenvalue weighted by atomic mass is 32.9. The number of hydrogen-bond acceptors (Lipinski definition) is 4. The molecule has 0 unspecified atom stereocenters. The summed E-state index contributed by atoms with van der Waals surface area (Å²) in [6.07, 6.45) is 0. The lowest BCUT2D eigenvalue weighted by atomic mass is 10.4. The summed E-state index contributed by atoms with van der Waals surface area (Å²) in [4.78, 5) is 30.9. The third-order valence-corrected chi connectivity index (χ3v) is 4.78. The van der Waals surface area contributed by atoms with E-state index in [2.05, 4.69) is 11.8 Å². The zero-order chi connectivity index (χ0) is 10.6. The van der Waals surface area contributed by atoms with Crippen molar-refractivity contribution < 1.29 is 19.3 Å². The molecule has 1 saturated heterocycles. The Morgan fingerprint density at radius 3 is 2.57 bits per heavy atom. The lowest BCUT2D eigenvalue weighted by molar-refractivity contribution is -0.132. The Hall–Kier alpha value is 0.350. The van der Waals surface area contributed by atoms with E-state index in [-0.39, 0.29) is 11.7 Å². The summed E-state index contributed by atoms with van der Waals surface area (Å²) in [5, 5.41) is 0. The highest BCUT2D eigenvalue weighted by Crippen LogP contribution is 2.50. The number of ether oxygens (including phenoxy) is 1. The van der Waals surface area contributed by atoms with Crippen molar-refractivity contribution in [3.05, 3.63) is 0 Å². The van der Waals surface area contributed by atoms with Crippen molar-refractivity contribution >= 4 is 34.8 Å². The molecule has 0 aromatic heterocycles. The first-order chi connectivity index (χ1) is 6.49. The van der Waals surface area contributed by atoms with Gasteiger partial charge in [0.1, 0.15) is 0 Å². The van der Waals surface area contributed by atoms with E-state index < -0.39 is 5.69 Å². The predicted octanol–water partition coefficient (Wildman–Crippen LogP) is -0.213. The first kappa shape index (κ1) is 12.4. The molecule has 0 atom stereocenters. The van der Waals surface area contributed by atoms with Gasteiger partial charge in [0, 0.05) is 13.1 Å². The molecule has 0 saturated carbocycles. The smallest absolute Gasteiger partial charge is 0.242 e. The normalized spacial score (nSPS) is 18.3. The van der Waals surface area contributed by atoms with Gasteiger partial charge >= 0.3 is 0 Å². The van der Waals surface area contributed by atoms with Crippen molar-refractivity contribution in [3.8, 4) is 0 Å². The molecule has 82 valence electrons. The number of amides is 1. The maximum atomic E-state index is 11.4. The molecular formula is C6H12NO4PS2. The Morgan fingerprint density at radius 1 is 1.50 bits per heavy atom. The SMILES string of the molecule is O=C(CSP(O)(O)=S)N1CCOCC1. The Kier molecular flexibility index (Phi) is 4.82. The molecule has 2 N–H and O–H groups in total. The molecule has 8 heteroatoms. The summed E-state index contributed by atoms with van der Waals surface area (Å²) in [5.41, 5.74) is -3.30. The van der Waals surface area contributed by atoms with Crippen molar-refractivity contribution in [2.24, 2.45) is 0 Å². The number of morpholine rings is 1. The fourth-order valence-corrected chi connectivity index (χ4v) is 2.81. The average Bonchev–Trinajstić information content (AvgIpc) is 2.14. The van der Waals surface area contributed by atoms with Gasteiger partial charge in [-0.3, -0.25) is 4.79 Å². The molecule has 1 heterocycles. The minimum atomic E-state index is -3.30. The summed E-state index contributed by atoms with van der Waals surface area (Å²) in [5.74, 6) is -0.0831. The number of carbonyl (C=O) groups is 1. The van der Waals surface area contributed by atoms with Crippen LogP contribution in [0, 0.1) is 0 Å². The van der Waals surface area contributed by atoms with E-state index in [0.717, 1.165) is 11.4 Å². The van der Waals surface area contributed by atoms with Crippen LogP contribution in [0.2, 0.25) is 0 Å².